The Labute approximate surface area is 268 Å². The third-order valence-corrected chi connectivity index (χ3v) is 9.14. The first kappa shape index (κ1) is 28.7. The van der Waals surface area contributed by atoms with Crippen molar-refractivity contribution in [1.82, 2.24) is 38.9 Å². The van der Waals surface area contributed by atoms with Gasteiger partial charge in [-0.05, 0) is 47.4 Å². The minimum absolute atomic E-state index is 0.105. The van der Waals surface area contributed by atoms with E-state index in [4.69, 9.17) is 19.6 Å². The minimum atomic E-state index is -0.108. The molecule has 2 atom stereocenters. The van der Waals surface area contributed by atoms with Crippen LogP contribution in [0.4, 0.5) is 11.8 Å². The van der Waals surface area contributed by atoms with Crippen LogP contribution in [0.5, 0.6) is 11.5 Å². The van der Waals surface area contributed by atoms with Crippen LogP contribution in [0.15, 0.2) is 67.4 Å². The van der Waals surface area contributed by atoms with Crippen LogP contribution in [0.25, 0.3) is 16.7 Å². The molecule has 12 heteroatoms. The van der Waals surface area contributed by atoms with Crippen molar-refractivity contribution in [2.24, 2.45) is 7.05 Å². The first-order valence-corrected chi connectivity index (χ1v) is 15.8. The molecule has 0 amide bonds. The molecule has 5 heterocycles. The summed E-state index contributed by atoms with van der Waals surface area (Å²) in [6.07, 6.45) is 11.8. The summed E-state index contributed by atoms with van der Waals surface area (Å²) < 4.78 is 19.5. The molecule has 0 unspecified atom stereocenters. The molecule has 1 aliphatic rings. The Morgan fingerprint density at radius 2 is 1.91 bits per heavy atom. The van der Waals surface area contributed by atoms with Crippen molar-refractivity contribution < 1.29 is 9.47 Å². The number of nitrogens with zero attached hydrogens (tertiary/aromatic N) is 8. The number of halogens is 1. The molecule has 1 fully saturated rings. The lowest BCUT2D eigenvalue weighted by molar-refractivity contribution is 0.0154. The first-order chi connectivity index (χ1) is 21.3. The first-order valence-electron chi connectivity index (χ1n) is 14.7. The van der Waals surface area contributed by atoms with Crippen LogP contribution < -0.4 is 10.1 Å². The summed E-state index contributed by atoms with van der Waals surface area (Å²) >= 11 is 2.29. The maximum absolute atomic E-state index is 6.47. The van der Waals surface area contributed by atoms with E-state index in [1.54, 1.807) is 35.5 Å². The SMILES string of the molecule is Cn1c(Nc2cc(C(C)(C)C)n([C@@H]3CCC[C@H]3OCc3ccccc3)n2)nc2ncc(Oc3cnn4ccncc34)c(I)c21. The number of nitrogens with one attached hydrogen (secondary N) is 1. The number of hydrogen-bond acceptors (Lipinski definition) is 8. The van der Waals surface area contributed by atoms with E-state index in [-0.39, 0.29) is 17.6 Å². The van der Waals surface area contributed by atoms with E-state index in [1.165, 1.54) is 5.56 Å². The molecule has 0 aliphatic heterocycles. The number of pyridine rings is 1. The second-order valence-corrected chi connectivity index (χ2v) is 13.3. The fraction of sp³-hybridized carbons (Fsp3) is 0.344. The number of aryl methyl sites for hydroxylation is 1. The maximum atomic E-state index is 6.47. The van der Waals surface area contributed by atoms with Gasteiger partial charge in [0.05, 0.1) is 40.9 Å². The molecule has 5 aromatic heterocycles. The summed E-state index contributed by atoms with van der Waals surface area (Å²) in [5.41, 5.74) is 4.49. The number of rotatable bonds is 8. The topological polar surface area (TPSA) is 109 Å². The molecule has 1 aliphatic carbocycles. The van der Waals surface area contributed by atoms with Crippen molar-refractivity contribution in [1.29, 1.82) is 0 Å². The fourth-order valence-electron chi connectivity index (χ4n) is 5.85. The standard InChI is InChI=1S/C32H34IN9O2/c1-32(2,3)26-15-27(39-42(26)21-11-8-12-23(21)43-19-20-9-6-5-7-10-20)37-31-38-30-29(40(31)4)28(33)25(17-35-30)44-24-18-36-41-14-13-34-16-22(24)41/h5-7,9-10,13-18,21,23H,8,11-12,19H2,1-4H3,(H,35,37,38,39)/t21-,23-/m1/s1. The lowest BCUT2D eigenvalue weighted by Crippen LogP contribution is -2.28. The van der Waals surface area contributed by atoms with Gasteiger partial charge in [-0.2, -0.15) is 15.2 Å². The van der Waals surface area contributed by atoms with Crippen molar-refractivity contribution in [3.8, 4) is 11.5 Å². The molecule has 1 saturated carbocycles. The Hall–Kier alpha value is -4.04. The zero-order valence-corrected chi connectivity index (χ0v) is 27.3. The highest BCUT2D eigenvalue weighted by Gasteiger charge is 2.34. The van der Waals surface area contributed by atoms with Gasteiger partial charge < -0.3 is 19.4 Å². The Morgan fingerprint density at radius 1 is 1.07 bits per heavy atom. The van der Waals surface area contributed by atoms with Crippen molar-refractivity contribution in [3.63, 3.8) is 0 Å². The quantitative estimate of drug-likeness (QED) is 0.170. The van der Waals surface area contributed by atoms with E-state index < -0.39 is 0 Å². The molecule has 0 bridgehead atoms. The largest absolute Gasteiger partial charge is 0.450 e. The van der Waals surface area contributed by atoms with Crippen LogP contribution in [0.1, 0.15) is 57.3 Å². The lowest BCUT2D eigenvalue weighted by Gasteiger charge is -2.27. The van der Waals surface area contributed by atoms with Crippen molar-refractivity contribution in [2.75, 3.05) is 5.32 Å². The van der Waals surface area contributed by atoms with E-state index >= 15 is 0 Å². The van der Waals surface area contributed by atoms with Gasteiger partial charge in [-0.3, -0.25) is 9.67 Å². The summed E-state index contributed by atoms with van der Waals surface area (Å²) in [6.45, 7) is 7.27. The molecule has 7 rings (SSSR count). The summed E-state index contributed by atoms with van der Waals surface area (Å²) in [6, 6.07) is 12.7. The Balaban J connectivity index is 1.16. The normalized spacial score (nSPS) is 17.1. The predicted octanol–water partition coefficient (Wildman–Crippen LogP) is 6.96. The molecule has 226 valence electrons. The van der Waals surface area contributed by atoms with Crippen LogP contribution in [-0.4, -0.2) is 45.0 Å². The molecule has 0 spiro atoms. The second kappa shape index (κ2) is 11.5. The number of imidazole rings is 1. The summed E-state index contributed by atoms with van der Waals surface area (Å²) in [4.78, 5) is 13.6. The van der Waals surface area contributed by atoms with Crippen molar-refractivity contribution in [3.05, 3.63) is 82.2 Å². The van der Waals surface area contributed by atoms with Crippen LogP contribution in [0.2, 0.25) is 0 Å². The number of anilines is 2. The summed E-state index contributed by atoms with van der Waals surface area (Å²) in [5.74, 6) is 2.62. The van der Waals surface area contributed by atoms with Gasteiger partial charge in [0.15, 0.2) is 23.0 Å². The monoisotopic (exact) mass is 703 g/mol. The zero-order chi connectivity index (χ0) is 30.4. The Morgan fingerprint density at radius 3 is 2.73 bits per heavy atom. The minimum Gasteiger partial charge on any atom is -0.450 e. The van der Waals surface area contributed by atoms with Gasteiger partial charge >= 0.3 is 0 Å². The predicted molar refractivity (Wildman–Crippen MR) is 176 cm³/mol. The highest BCUT2D eigenvalue weighted by molar-refractivity contribution is 14.1. The number of fused-ring (bicyclic) bond motifs is 2. The second-order valence-electron chi connectivity index (χ2n) is 12.2. The molecule has 1 N–H and O–H groups in total. The molecule has 11 nitrogen and oxygen atoms in total. The molecular formula is C32H34IN9O2. The fourth-order valence-corrected chi connectivity index (χ4v) is 6.70. The van der Waals surface area contributed by atoms with Gasteiger partial charge in [-0.1, -0.05) is 51.1 Å². The van der Waals surface area contributed by atoms with E-state index in [0.717, 1.165) is 45.4 Å². The van der Waals surface area contributed by atoms with E-state index in [0.29, 0.717) is 29.7 Å². The third kappa shape index (κ3) is 5.40. The van der Waals surface area contributed by atoms with Gasteiger partial charge in [0.1, 0.15) is 11.0 Å². The lowest BCUT2D eigenvalue weighted by atomic mass is 9.91. The molecule has 6 aromatic rings. The summed E-state index contributed by atoms with van der Waals surface area (Å²) in [5, 5.41) is 12.9. The highest BCUT2D eigenvalue weighted by Crippen LogP contribution is 2.38. The Bertz CT molecular complexity index is 1940. The van der Waals surface area contributed by atoms with Crippen molar-refractivity contribution >= 4 is 51.0 Å². The van der Waals surface area contributed by atoms with Crippen LogP contribution in [0.3, 0.4) is 0 Å². The average molecular weight is 704 g/mol. The van der Waals surface area contributed by atoms with E-state index in [9.17, 15) is 0 Å². The van der Waals surface area contributed by atoms with Crippen molar-refractivity contribution in [2.45, 2.75) is 64.2 Å². The van der Waals surface area contributed by atoms with Gasteiger partial charge in [-0.25, -0.2) is 9.50 Å². The van der Waals surface area contributed by atoms with Crippen LogP contribution in [0, 0.1) is 3.57 Å². The van der Waals surface area contributed by atoms with Crippen LogP contribution >= 0.6 is 22.6 Å². The molecule has 1 aromatic carbocycles. The van der Waals surface area contributed by atoms with Gasteiger partial charge in [-0.15, -0.1) is 0 Å². The zero-order valence-electron chi connectivity index (χ0n) is 25.1. The molecule has 0 saturated heterocycles. The van der Waals surface area contributed by atoms with Gasteiger partial charge in [0.25, 0.3) is 0 Å². The summed E-state index contributed by atoms with van der Waals surface area (Å²) in [7, 11) is 1.97. The van der Waals surface area contributed by atoms with E-state index in [1.807, 2.05) is 17.7 Å². The third-order valence-electron chi connectivity index (χ3n) is 8.10. The van der Waals surface area contributed by atoms with Gasteiger partial charge in [0, 0.05) is 36.6 Å². The van der Waals surface area contributed by atoms with Crippen LogP contribution in [-0.2, 0) is 23.8 Å². The smallest absolute Gasteiger partial charge is 0.210 e. The molecule has 44 heavy (non-hydrogen) atoms. The number of benzene rings is 1. The Kier molecular flexibility index (Phi) is 7.49. The van der Waals surface area contributed by atoms with E-state index in [2.05, 4.69) is 98.8 Å². The highest BCUT2D eigenvalue weighted by atomic mass is 127. The van der Waals surface area contributed by atoms with Gasteiger partial charge in [0.2, 0.25) is 5.95 Å². The number of hydrogen-bond donors (Lipinski definition) is 1. The number of aromatic nitrogens is 8. The maximum Gasteiger partial charge on any atom is 0.210 e. The number of ether oxygens (including phenoxy) is 2. The average Bonchev–Trinajstić information content (AvgIpc) is 3.80. The molecule has 0 radical (unpaired) electrons. The molecular weight excluding hydrogens is 669 g/mol.